The van der Waals surface area contributed by atoms with Crippen molar-refractivity contribution in [1.29, 1.82) is 0 Å². The van der Waals surface area contributed by atoms with Gasteiger partial charge in [0.15, 0.2) is 0 Å². The van der Waals surface area contributed by atoms with E-state index < -0.39 is 0 Å². The van der Waals surface area contributed by atoms with E-state index in [0.29, 0.717) is 0 Å². The van der Waals surface area contributed by atoms with Crippen LogP contribution in [0.3, 0.4) is 0 Å². The van der Waals surface area contributed by atoms with Gasteiger partial charge in [0.1, 0.15) is 5.82 Å². The van der Waals surface area contributed by atoms with Crippen molar-refractivity contribution >= 4 is 73.0 Å². The van der Waals surface area contributed by atoms with Crippen LogP contribution in [0.5, 0.6) is 0 Å². The molecule has 302 valence electrons. The van der Waals surface area contributed by atoms with Gasteiger partial charge in [-0.2, -0.15) is 0 Å². The average Bonchev–Trinajstić information content (AvgIpc) is 3.71. The lowest BCUT2D eigenvalue weighted by Crippen LogP contribution is -2.25. The van der Waals surface area contributed by atoms with Crippen molar-refractivity contribution in [3.05, 3.63) is 255 Å². The number of hydrogen-bond acceptors (Lipinski definition) is 3. The Balaban J connectivity index is 1.04. The van der Waals surface area contributed by atoms with E-state index in [1.807, 2.05) is 0 Å². The summed E-state index contributed by atoms with van der Waals surface area (Å²) in [6.45, 7) is 0. The van der Waals surface area contributed by atoms with Crippen LogP contribution >= 0.6 is 0 Å². The molecule has 11 aromatic rings. The van der Waals surface area contributed by atoms with Crippen LogP contribution in [-0.2, 0) is 0 Å². The molecule has 0 saturated carbocycles. The first-order valence-electron chi connectivity index (χ1n) is 21.9. The van der Waals surface area contributed by atoms with Crippen molar-refractivity contribution in [3.63, 3.8) is 0 Å². The first-order chi connectivity index (χ1) is 31.8. The van der Waals surface area contributed by atoms with Crippen LogP contribution in [-0.4, -0.2) is 4.57 Å². The SMILES string of the molecule is c1ccc(-c2ccc(N(c3ccc(-c4ccc5c(c4)c4c(n5-c5ccccc5)N(c5ccccc5)c5ccccc5N4c4ccccc4)cc3)c3cccc4ccccc34)cc2)cc1. The molecule has 4 heteroatoms. The zero-order valence-electron chi connectivity index (χ0n) is 35.0. The van der Waals surface area contributed by atoms with E-state index in [4.69, 9.17) is 0 Å². The molecular formula is C60H42N4. The molecule has 0 fully saturated rings. The zero-order valence-corrected chi connectivity index (χ0v) is 35.0. The van der Waals surface area contributed by atoms with Gasteiger partial charge in [-0.3, -0.25) is 9.47 Å². The summed E-state index contributed by atoms with van der Waals surface area (Å²) in [5.41, 5.74) is 15.8. The van der Waals surface area contributed by atoms with E-state index in [9.17, 15) is 0 Å². The lowest BCUT2D eigenvalue weighted by Gasteiger charge is -2.39. The van der Waals surface area contributed by atoms with E-state index >= 15 is 0 Å². The Morgan fingerprint density at radius 1 is 0.312 bits per heavy atom. The highest BCUT2D eigenvalue weighted by Crippen LogP contribution is 2.58. The molecule has 0 spiro atoms. The molecule has 64 heavy (non-hydrogen) atoms. The molecule has 1 aliphatic rings. The maximum absolute atomic E-state index is 2.45. The Hall–Kier alpha value is -8.60. The van der Waals surface area contributed by atoms with Gasteiger partial charge >= 0.3 is 0 Å². The Bertz CT molecular complexity index is 3410. The maximum Gasteiger partial charge on any atom is 0.148 e. The van der Waals surface area contributed by atoms with Crippen molar-refractivity contribution in [2.45, 2.75) is 0 Å². The molecule has 2 heterocycles. The van der Waals surface area contributed by atoms with E-state index in [1.54, 1.807) is 0 Å². The van der Waals surface area contributed by atoms with Gasteiger partial charge in [0.2, 0.25) is 0 Å². The normalized spacial score (nSPS) is 12.0. The van der Waals surface area contributed by atoms with Crippen LogP contribution in [0.2, 0.25) is 0 Å². The van der Waals surface area contributed by atoms with E-state index in [0.717, 1.165) is 79.0 Å². The molecule has 0 saturated heterocycles. The summed E-state index contributed by atoms with van der Waals surface area (Å²) >= 11 is 0. The molecule has 1 aliphatic heterocycles. The molecule has 0 atom stereocenters. The Kier molecular flexibility index (Phi) is 9.12. The largest absolute Gasteiger partial charge is 0.310 e. The van der Waals surface area contributed by atoms with Crippen LogP contribution < -0.4 is 14.7 Å². The number of aromatic nitrogens is 1. The highest BCUT2D eigenvalue weighted by Gasteiger charge is 2.36. The fraction of sp³-hybridized carbons (Fsp3) is 0. The van der Waals surface area contributed by atoms with Crippen LogP contribution in [0.1, 0.15) is 0 Å². The molecule has 0 N–H and O–H groups in total. The second-order valence-corrected chi connectivity index (χ2v) is 16.2. The van der Waals surface area contributed by atoms with Gasteiger partial charge in [0, 0.05) is 39.2 Å². The average molecular weight is 819 g/mol. The molecule has 0 bridgehead atoms. The highest BCUT2D eigenvalue weighted by atomic mass is 15.3. The fourth-order valence-corrected chi connectivity index (χ4v) is 9.53. The van der Waals surface area contributed by atoms with Gasteiger partial charge < -0.3 is 9.80 Å². The van der Waals surface area contributed by atoms with Crippen molar-refractivity contribution in [3.8, 4) is 27.9 Å². The predicted molar refractivity (Wildman–Crippen MR) is 269 cm³/mol. The van der Waals surface area contributed by atoms with Gasteiger partial charge in [-0.25, -0.2) is 0 Å². The molecule has 4 nitrogen and oxygen atoms in total. The number of nitrogens with zero attached hydrogens (tertiary/aromatic N) is 4. The molecule has 1 aromatic heterocycles. The van der Waals surface area contributed by atoms with Gasteiger partial charge in [0.25, 0.3) is 0 Å². The van der Waals surface area contributed by atoms with Crippen molar-refractivity contribution in [2.75, 3.05) is 14.7 Å². The Labute approximate surface area is 373 Å². The molecule has 0 radical (unpaired) electrons. The van der Waals surface area contributed by atoms with Crippen LogP contribution in [0.4, 0.5) is 51.3 Å². The molecule has 0 unspecified atom stereocenters. The van der Waals surface area contributed by atoms with Crippen LogP contribution in [0.15, 0.2) is 255 Å². The van der Waals surface area contributed by atoms with E-state index in [1.165, 1.54) is 21.9 Å². The Morgan fingerprint density at radius 2 is 0.781 bits per heavy atom. The molecule has 0 aliphatic carbocycles. The van der Waals surface area contributed by atoms with Crippen molar-refractivity contribution in [2.24, 2.45) is 0 Å². The molecule has 0 amide bonds. The summed E-state index contributed by atoms with van der Waals surface area (Å²) in [6, 6.07) is 91.8. The number of para-hydroxylation sites is 5. The topological polar surface area (TPSA) is 14.7 Å². The van der Waals surface area contributed by atoms with Gasteiger partial charge in [0.05, 0.1) is 28.3 Å². The van der Waals surface area contributed by atoms with Crippen LogP contribution in [0.25, 0.3) is 49.6 Å². The van der Waals surface area contributed by atoms with Gasteiger partial charge in [-0.05, 0) is 119 Å². The third kappa shape index (κ3) is 6.31. The molecule has 12 rings (SSSR count). The third-order valence-electron chi connectivity index (χ3n) is 12.5. The summed E-state index contributed by atoms with van der Waals surface area (Å²) < 4.78 is 2.43. The number of benzene rings is 10. The number of fused-ring (bicyclic) bond motifs is 5. The standard InChI is InChI=1S/C60H42N4/c1-5-18-43(19-6-1)44-32-37-51(38-33-44)61(55-31-17-21-46-20-13-14-28-53(46)55)52-39-34-45(35-40-52)47-36-41-56-54(42-47)59-60(63(56)49-24-9-3-10-25-49)64(50-26-11-4-12-27-50)58-30-16-15-29-57(58)62(59)48-22-7-2-8-23-48/h1-42H. The first-order valence-corrected chi connectivity index (χ1v) is 21.9. The number of hydrogen-bond donors (Lipinski definition) is 0. The number of rotatable bonds is 8. The molecular weight excluding hydrogens is 777 g/mol. The monoisotopic (exact) mass is 818 g/mol. The predicted octanol–water partition coefficient (Wildman–Crippen LogP) is 16.8. The summed E-state index contributed by atoms with van der Waals surface area (Å²) in [4.78, 5) is 7.26. The lowest BCUT2D eigenvalue weighted by molar-refractivity contribution is 1.05. The number of anilines is 9. The summed E-state index contributed by atoms with van der Waals surface area (Å²) in [7, 11) is 0. The smallest absolute Gasteiger partial charge is 0.148 e. The fourth-order valence-electron chi connectivity index (χ4n) is 9.53. The highest BCUT2D eigenvalue weighted by molar-refractivity contribution is 6.14. The maximum atomic E-state index is 2.45. The van der Waals surface area contributed by atoms with Crippen LogP contribution in [0, 0.1) is 0 Å². The minimum Gasteiger partial charge on any atom is -0.310 e. The quantitative estimate of drug-likeness (QED) is 0.152. The van der Waals surface area contributed by atoms with E-state index in [-0.39, 0.29) is 0 Å². The molecule has 10 aromatic carbocycles. The second-order valence-electron chi connectivity index (χ2n) is 16.2. The van der Waals surface area contributed by atoms with Crippen molar-refractivity contribution < 1.29 is 0 Å². The van der Waals surface area contributed by atoms with E-state index in [2.05, 4.69) is 274 Å². The summed E-state index contributed by atoms with van der Waals surface area (Å²) in [5, 5.41) is 3.57. The third-order valence-corrected chi connectivity index (χ3v) is 12.5. The second kappa shape index (κ2) is 15.7. The summed E-state index contributed by atoms with van der Waals surface area (Å²) in [6.07, 6.45) is 0. The zero-order chi connectivity index (χ0) is 42.4. The minimum atomic E-state index is 1.09. The first kappa shape index (κ1) is 37.2. The summed E-state index contributed by atoms with van der Waals surface area (Å²) in [5.74, 6) is 1.09. The van der Waals surface area contributed by atoms with Crippen molar-refractivity contribution in [1.82, 2.24) is 4.57 Å². The Morgan fingerprint density at radius 3 is 1.42 bits per heavy atom. The van der Waals surface area contributed by atoms with Gasteiger partial charge in [-0.15, -0.1) is 0 Å². The lowest BCUT2D eigenvalue weighted by atomic mass is 10.0. The van der Waals surface area contributed by atoms with Gasteiger partial charge in [-0.1, -0.05) is 164 Å². The minimum absolute atomic E-state index is 1.09.